The third-order valence-corrected chi connectivity index (χ3v) is 3.97. The second-order valence-electron chi connectivity index (χ2n) is 6.35. The van der Waals surface area contributed by atoms with Crippen LogP contribution < -0.4 is 15.5 Å². The maximum atomic E-state index is 13.3. The number of aryl methyl sites for hydroxylation is 1. The molecular weight excluding hydrogens is 297 g/mol. The lowest BCUT2D eigenvalue weighted by molar-refractivity contribution is -0.118. The van der Waals surface area contributed by atoms with Crippen LogP contribution in [0.25, 0.3) is 0 Å². The highest BCUT2D eigenvalue weighted by molar-refractivity contribution is 6.01. The van der Waals surface area contributed by atoms with Gasteiger partial charge in [-0.1, -0.05) is 13.8 Å². The van der Waals surface area contributed by atoms with Crippen molar-refractivity contribution >= 4 is 17.6 Å². The second-order valence-corrected chi connectivity index (χ2v) is 6.35. The average molecular weight is 321 g/mol. The number of nitrogens with one attached hydrogen (secondary N) is 2. The standard InChI is InChI=1S/C17H24FN3O2/c1-11(2)6-8-19-17(23)20-15-7-9-21(16(15)22)13-4-5-14(18)12(3)10-13/h4-5,10-11,15H,6-9H2,1-3H3,(H2,19,20,23). The molecule has 1 aromatic rings. The molecule has 23 heavy (non-hydrogen) atoms. The van der Waals surface area contributed by atoms with Crippen LogP contribution in [-0.2, 0) is 4.79 Å². The molecule has 1 fully saturated rings. The molecule has 0 saturated carbocycles. The predicted octanol–water partition coefficient (Wildman–Crippen LogP) is 2.58. The highest BCUT2D eigenvalue weighted by Gasteiger charge is 2.33. The Hall–Kier alpha value is -2.11. The molecule has 2 rings (SSSR count). The molecule has 0 bridgehead atoms. The van der Waals surface area contributed by atoms with E-state index in [4.69, 9.17) is 0 Å². The lowest BCUT2D eigenvalue weighted by Gasteiger charge is -2.18. The van der Waals surface area contributed by atoms with Gasteiger partial charge in [0, 0.05) is 18.8 Å². The second kappa shape index (κ2) is 7.44. The fourth-order valence-electron chi connectivity index (χ4n) is 2.55. The summed E-state index contributed by atoms with van der Waals surface area (Å²) in [5, 5.41) is 5.48. The van der Waals surface area contributed by atoms with Gasteiger partial charge in [0.1, 0.15) is 11.9 Å². The number of urea groups is 1. The van der Waals surface area contributed by atoms with Crippen molar-refractivity contribution in [3.05, 3.63) is 29.6 Å². The summed E-state index contributed by atoms with van der Waals surface area (Å²) < 4.78 is 13.3. The van der Waals surface area contributed by atoms with Gasteiger partial charge in [0.25, 0.3) is 0 Å². The van der Waals surface area contributed by atoms with E-state index in [-0.39, 0.29) is 17.8 Å². The summed E-state index contributed by atoms with van der Waals surface area (Å²) in [4.78, 5) is 25.8. The van der Waals surface area contributed by atoms with Gasteiger partial charge in [-0.05, 0) is 49.4 Å². The Bertz CT molecular complexity index is 589. The Morgan fingerprint density at radius 2 is 2.17 bits per heavy atom. The molecule has 0 aliphatic carbocycles. The van der Waals surface area contributed by atoms with Crippen LogP contribution >= 0.6 is 0 Å². The summed E-state index contributed by atoms with van der Waals surface area (Å²) in [6, 6.07) is 3.75. The number of nitrogens with zero attached hydrogens (tertiary/aromatic N) is 1. The Kier molecular flexibility index (Phi) is 5.58. The molecule has 0 aromatic heterocycles. The van der Waals surface area contributed by atoms with E-state index in [1.54, 1.807) is 24.0 Å². The lowest BCUT2D eigenvalue weighted by Crippen LogP contribution is -2.46. The van der Waals surface area contributed by atoms with Crippen LogP contribution in [-0.4, -0.2) is 31.1 Å². The van der Waals surface area contributed by atoms with Crippen molar-refractivity contribution < 1.29 is 14.0 Å². The summed E-state index contributed by atoms with van der Waals surface area (Å²) in [7, 11) is 0. The number of carbonyl (C=O) groups is 2. The lowest BCUT2D eigenvalue weighted by atomic mass is 10.1. The smallest absolute Gasteiger partial charge is 0.315 e. The van der Waals surface area contributed by atoms with Crippen molar-refractivity contribution in [3.63, 3.8) is 0 Å². The molecule has 1 heterocycles. The van der Waals surface area contributed by atoms with E-state index in [0.29, 0.717) is 36.7 Å². The zero-order chi connectivity index (χ0) is 17.0. The van der Waals surface area contributed by atoms with Crippen LogP contribution in [0.2, 0.25) is 0 Å². The number of hydrogen-bond donors (Lipinski definition) is 2. The summed E-state index contributed by atoms with van der Waals surface area (Å²) in [6.45, 7) is 6.94. The maximum Gasteiger partial charge on any atom is 0.315 e. The van der Waals surface area contributed by atoms with Crippen LogP contribution in [0.1, 0.15) is 32.3 Å². The number of amides is 3. The molecule has 1 aromatic carbocycles. The van der Waals surface area contributed by atoms with E-state index < -0.39 is 6.04 Å². The van der Waals surface area contributed by atoms with Crippen LogP contribution in [0.4, 0.5) is 14.9 Å². The number of halogens is 1. The number of hydrogen-bond acceptors (Lipinski definition) is 2. The summed E-state index contributed by atoms with van der Waals surface area (Å²) in [5.74, 6) is 0.0650. The first-order valence-electron chi connectivity index (χ1n) is 8.00. The van der Waals surface area contributed by atoms with Crippen molar-refractivity contribution in [2.45, 2.75) is 39.7 Å². The molecule has 1 aliphatic rings. The number of rotatable bonds is 5. The molecule has 2 N–H and O–H groups in total. The molecule has 3 amide bonds. The van der Waals surface area contributed by atoms with Crippen LogP contribution in [0.15, 0.2) is 18.2 Å². The molecule has 0 radical (unpaired) electrons. The third kappa shape index (κ3) is 4.43. The first-order chi connectivity index (χ1) is 10.9. The van der Waals surface area contributed by atoms with Crippen LogP contribution in [0.3, 0.4) is 0 Å². The van der Waals surface area contributed by atoms with Crippen molar-refractivity contribution in [2.24, 2.45) is 5.92 Å². The summed E-state index contributed by atoms with van der Waals surface area (Å²) in [6.07, 6.45) is 1.44. The minimum Gasteiger partial charge on any atom is -0.338 e. The van der Waals surface area contributed by atoms with E-state index in [2.05, 4.69) is 24.5 Å². The van der Waals surface area contributed by atoms with Gasteiger partial charge in [-0.3, -0.25) is 4.79 Å². The number of carbonyl (C=O) groups excluding carboxylic acids is 2. The SMILES string of the molecule is Cc1cc(N2CCC(NC(=O)NCCC(C)C)C2=O)ccc1F. The molecular formula is C17H24FN3O2. The summed E-state index contributed by atoms with van der Waals surface area (Å²) in [5.41, 5.74) is 1.16. The van der Waals surface area contributed by atoms with E-state index in [0.717, 1.165) is 6.42 Å². The van der Waals surface area contributed by atoms with Crippen molar-refractivity contribution in [3.8, 4) is 0 Å². The first-order valence-corrected chi connectivity index (χ1v) is 8.00. The van der Waals surface area contributed by atoms with E-state index in [1.165, 1.54) is 6.07 Å². The minimum absolute atomic E-state index is 0.157. The zero-order valence-corrected chi connectivity index (χ0v) is 13.9. The van der Waals surface area contributed by atoms with Crippen molar-refractivity contribution in [2.75, 3.05) is 18.0 Å². The van der Waals surface area contributed by atoms with Crippen molar-refractivity contribution in [1.29, 1.82) is 0 Å². The quantitative estimate of drug-likeness (QED) is 0.875. The van der Waals surface area contributed by atoms with Crippen LogP contribution in [0, 0.1) is 18.7 Å². The molecule has 1 aliphatic heterocycles. The molecule has 1 unspecified atom stereocenters. The van der Waals surface area contributed by atoms with Gasteiger partial charge in [0.2, 0.25) is 5.91 Å². The van der Waals surface area contributed by atoms with E-state index in [9.17, 15) is 14.0 Å². The van der Waals surface area contributed by atoms with Gasteiger partial charge < -0.3 is 15.5 Å². The first kappa shape index (κ1) is 17.2. The molecule has 1 saturated heterocycles. The molecule has 1 atom stereocenters. The predicted molar refractivity (Wildman–Crippen MR) is 87.9 cm³/mol. The largest absolute Gasteiger partial charge is 0.338 e. The van der Waals surface area contributed by atoms with Gasteiger partial charge in [-0.25, -0.2) is 9.18 Å². The maximum absolute atomic E-state index is 13.3. The molecule has 6 heteroatoms. The fraction of sp³-hybridized carbons (Fsp3) is 0.529. The zero-order valence-electron chi connectivity index (χ0n) is 13.9. The number of anilines is 1. The van der Waals surface area contributed by atoms with Gasteiger partial charge in [-0.2, -0.15) is 0 Å². The summed E-state index contributed by atoms with van der Waals surface area (Å²) >= 11 is 0. The Labute approximate surface area is 136 Å². The minimum atomic E-state index is -0.528. The van der Waals surface area contributed by atoms with Crippen LogP contribution in [0.5, 0.6) is 0 Å². The highest BCUT2D eigenvalue weighted by atomic mass is 19.1. The Morgan fingerprint density at radius 3 is 2.83 bits per heavy atom. The molecule has 126 valence electrons. The number of benzene rings is 1. The Balaban J connectivity index is 1.91. The molecule has 5 nitrogen and oxygen atoms in total. The average Bonchev–Trinajstić information content (AvgIpc) is 2.83. The van der Waals surface area contributed by atoms with Gasteiger partial charge in [-0.15, -0.1) is 0 Å². The topological polar surface area (TPSA) is 61.4 Å². The molecule has 0 spiro atoms. The Morgan fingerprint density at radius 1 is 1.43 bits per heavy atom. The van der Waals surface area contributed by atoms with E-state index >= 15 is 0 Å². The normalized spacial score (nSPS) is 17.7. The highest BCUT2D eigenvalue weighted by Crippen LogP contribution is 2.23. The van der Waals surface area contributed by atoms with Crippen molar-refractivity contribution in [1.82, 2.24) is 10.6 Å². The van der Waals surface area contributed by atoms with Gasteiger partial charge >= 0.3 is 6.03 Å². The fourth-order valence-corrected chi connectivity index (χ4v) is 2.55. The monoisotopic (exact) mass is 321 g/mol. The van der Waals surface area contributed by atoms with Gasteiger partial charge in [0.05, 0.1) is 0 Å². The third-order valence-electron chi connectivity index (χ3n) is 3.97. The van der Waals surface area contributed by atoms with E-state index in [1.807, 2.05) is 0 Å². The van der Waals surface area contributed by atoms with Gasteiger partial charge in [0.15, 0.2) is 0 Å².